The van der Waals surface area contributed by atoms with Crippen LogP contribution in [0.4, 0.5) is 10.5 Å². The lowest BCUT2D eigenvalue weighted by molar-refractivity contribution is -0.195. The SMILES string of the molecule is C=CCOC(=O)N1c2cc(OCCCC(=O)O)c(OC)cc2C(=O)N2CCC[C@H]2[C@@H]1OC1CCCCO1. The number of fused-ring (bicyclic) bond motifs is 2. The average molecular weight is 519 g/mol. The predicted octanol–water partition coefficient (Wildman–Crippen LogP) is 3.56. The van der Waals surface area contributed by atoms with E-state index in [1.807, 2.05) is 0 Å². The van der Waals surface area contributed by atoms with Crippen LogP contribution in [-0.2, 0) is 19.0 Å². The van der Waals surface area contributed by atoms with Gasteiger partial charge in [0.2, 0.25) is 0 Å². The molecule has 37 heavy (non-hydrogen) atoms. The Hall–Kier alpha value is -3.31. The van der Waals surface area contributed by atoms with E-state index in [-0.39, 0.29) is 49.0 Å². The Labute approximate surface area is 215 Å². The number of hydrogen-bond acceptors (Lipinski definition) is 8. The highest BCUT2D eigenvalue weighted by Crippen LogP contribution is 2.42. The lowest BCUT2D eigenvalue weighted by atomic mass is 10.1. The Kier molecular flexibility index (Phi) is 8.88. The van der Waals surface area contributed by atoms with E-state index < -0.39 is 30.6 Å². The zero-order valence-corrected chi connectivity index (χ0v) is 21.1. The van der Waals surface area contributed by atoms with Crippen molar-refractivity contribution >= 4 is 23.7 Å². The summed E-state index contributed by atoms with van der Waals surface area (Å²) in [4.78, 5) is 41.2. The maximum atomic E-state index is 13.7. The fourth-order valence-corrected chi connectivity index (χ4v) is 4.93. The summed E-state index contributed by atoms with van der Waals surface area (Å²) in [6.45, 7) is 4.80. The zero-order valence-electron chi connectivity index (χ0n) is 21.1. The molecule has 4 rings (SSSR count). The van der Waals surface area contributed by atoms with Gasteiger partial charge in [-0.3, -0.25) is 9.59 Å². The standard InChI is InChI=1S/C26H34N2O9/c1-3-12-36-26(32)28-19-16-21(34-14-7-9-22(29)30)20(33-2)15-17(19)24(31)27-11-6-8-18(27)25(28)37-23-10-4-5-13-35-23/h3,15-16,18,23,25H,1,4-14H2,2H3,(H,29,30)/t18-,23?,25-/m0/s1. The number of carboxylic acids is 1. The fraction of sp³-hybridized carbons (Fsp3) is 0.577. The Morgan fingerprint density at radius 3 is 2.76 bits per heavy atom. The molecule has 1 aromatic rings. The van der Waals surface area contributed by atoms with Crippen molar-refractivity contribution in [3.63, 3.8) is 0 Å². The molecule has 0 spiro atoms. The molecular formula is C26H34N2O9. The maximum Gasteiger partial charge on any atom is 0.416 e. The summed E-state index contributed by atoms with van der Waals surface area (Å²) in [5.74, 6) is -0.599. The number of rotatable bonds is 10. The number of amides is 2. The molecule has 3 aliphatic heterocycles. The molecule has 0 aliphatic carbocycles. The predicted molar refractivity (Wildman–Crippen MR) is 132 cm³/mol. The molecule has 0 aromatic heterocycles. The minimum atomic E-state index is -0.926. The number of hydrogen-bond donors (Lipinski definition) is 1. The Morgan fingerprint density at radius 1 is 1.22 bits per heavy atom. The van der Waals surface area contributed by atoms with Gasteiger partial charge >= 0.3 is 12.1 Å². The monoisotopic (exact) mass is 518 g/mol. The van der Waals surface area contributed by atoms with Crippen molar-refractivity contribution in [1.82, 2.24) is 4.90 Å². The third kappa shape index (κ3) is 5.99. The molecule has 0 radical (unpaired) electrons. The van der Waals surface area contributed by atoms with Crippen molar-refractivity contribution in [2.24, 2.45) is 0 Å². The van der Waals surface area contributed by atoms with Crippen LogP contribution in [0.5, 0.6) is 11.5 Å². The number of ether oxygens (including phenoxy) is 5. The van der Waals surface area contributed by atoms with Crippen LogP contribution < -0.4 is 14.4 Å². The van der Waals surface area contributed by atoms with Gasteiger partial charge in [0.15, 0.2) is 24.0 Å². The Balaban J connectivity index is 1.76. The van der Waals surface area contributed by atoms with Crippen molar-refractivity contribution in [3.8, 4) is 11.5 Å². The minimum absolute atomic E-state index is 0.0195. The van der Waals surface area contributed by atoms with E-state index >= 15 is 0 Å². The van der Waals surface area contributed by atoms with Gasteiger partial charge in [-0.25, -0.2) is 9.69 Å². The second kappa shape index (κ2) is 12.3. The summed E-state index contributed by atoms with van der Waals surface area (Å²) in [7, 11) is 1.45. The first-order valence-corrected chi connectivity index (χ1v) is 12.7. The summed E-state index contributed by atoms with van der Waals surface area (Å²) in [6, 6.07) is 2.71. The molecule has 3 heterocycles. The molecule has 3 aliphatic rings. The second-order valence-corrected chi connectivity index (χ2v) is 9.13. The van der Waals surface area contributed by atoms with Gasteiger partial charge in [0, 0.05) is 25.6 Å². The lowest BCUT2D eigenvalue weighted by Gasteiger charge is -2.38. The summed E-state index contributed by atoms with van der Waals surface area (Å²) in [5, 5.41) is 8.93. The van der Waals surface area contributed by atoms with Crippen LogP contribution in [0.15, 0.2) is 24.8 Å². The highest BCUT2D eigenvalue weighted by molar-refractivity contribution is 6.06. The number of anilines is 1. The molecule has 3 atom stereocenters. The van der Waals surface area contributed by atoms with Gasteiger partial charge in [-0.1, -0.05) is 12.7 Å². The van der Waals surface area contributed by atoms with E-state index in [0.29, 0.717) is 31.7 Å². The number of benzene rings is 1. The van der Waals surface area contributed by atoms with E-state index in [4.69, 9.17) is 28.8 Å². The van der Waals surface area contributed by atoms with Gasteiger partial charge in [0.25, 0.3) is 5.91 Å². The Morgan fingerprint density at radius 2 is 2.05 bits per heavy atom. The van der Waals surface area contributed by atoms with Crippen LogP contribution in [0, 0.1) is 0 Å². The van der Waals surface area contributed by atoms with E-state index in [0.717, 1.165) is 19.3 Å². The van der Waals surface area contributed by atoms with Gasteiger partial charge in [-0.05, 0) is 44.6 Å². The van der Waals surface area contributed by atoms with E-state index in [1.54, 1.807) is 17.0 Å². The van der Waals surface area contributed by atoms with Crippen LogP contribution >= 0.6 is 0 Å². The van der Waals surface area contributed by atoms with Crippen LogP contribution in [0.2, 0.25) is 0 Å². The number of carboxylic acid groups (broad SMARTS) is 1. The first kappa shape index (κ1) is 26.7. The molecule has 2 saturated heterocycles. The number of methoxy groups -OCH3 is 1. The second-order valence-electron chi connectivity index (χ2n) is 9.13. The molecule has 1 N–H and O–H groups in total. The molecule has 11 nitrogen and oxygen atoms in total. The first-order chi connectivity index (χ1) is 17.9. The van der Waals surface area contributed by atoms with Crippen molar-refractivity contribution in [3.05, 3.63) is 30.4 Å². The summed E-state index contributed by atoms with van der Waals surface area (Å²) in [6.07, 6.45) is 3.62. The topological polar surface area (TPSA) is 124 Å². The van der Waals surface area contributed by atoms with E-state index in [1.165, 1.54) is 18.1 Å². The molecule has 0 saturated carbocycles. The molecule has 0 bridgehead atoms. The quantitative estimate of drug-likeness (QED) is 0.366. The number of nitrogens with zero attached hydrogens (tertiary/aromatic N) is 2. The average Bonchev–Trinajstić information content (AvgIpc) is 3.36. The molecular weight excluding hydrogens is 484 g/mol. The van der Waals surface area contributed by atoms with Crippen LogP contribution in [-0.4, -0.2) is 80.0 Å². The van der Waals surface area contributed by atoms with Crippen LogP contribution in [0.1, 0.15) is 55.3 Å². The van der Waals surface area contributed by atoms with Gasteiger partial charge in [0.05, 0.1) is 31.0 Å². The molecule has 1 unspecified atom stereocenters. The molecule has 11 heteroatoms. The van der Waals surface area contributed by atoms with E-state index in [9.17, 15) is 14.4 Å². The van der Waals surface area contributed by atoms with Crippen molar-refractivity contribution in [2.45, 2.75) is 63.5 Å². The highest BCUT2D eigenvalue weighted by Gasteiger charge is 2.47. The highest BCUT2D eigenvalue weighted by atomic mass is 16.7. The normalized spacial score (nSPS) is 23.1. The van der Waals surface area contributed by atoms with Crippen molar-refractivity contribution < 1.29 is 43.2 Å². The largest absolute Gasteiger partial charge is 0.493 e. The van der Waals surface area contributed by atoms with Gasteiger partial charge in [-0.2, -0.15) is 0 Å². The maximum absolute atomic E-state index is 13.7. The molecule has 2 fully saturated rings. The summed E-state index contributed by atoms with van der Waals surface area (Å²) in [5.41, 5.74) is 0.524. The smallest absolute Gasteiger partial charge is 0.416 e. The summed E-state index contributed by atoms with van der Waals surface area (Å²) < 4.78 is 29.0. The van der Waals surface area contributed by atoms with Crippen LogP contribution in [0.3, 0.4) is 0 Å². The fourth-order valence-electron chi connectivity index (χ4n) is 4.93. The number of carbonyl (C=O) groups is 3. The third-order valence-electron chi connectivity index (χ3n) is 6.66. The van der Waals surface area contributed by atoms with Crippen molar-refractivity contribution in [2.75, 3.05) is 38.4 Å². The van der Waals surface area contributed by atoms with Gasteiger partial charge < -0.3 is 33.7 Å². The Bertz CT molecular complexity index is 1010. The third-order valence-corrected chi connectivity index (χ3v) is 6.66. The summed E-state index contributed by atoms with van der Waals surface area (Å²) >= 11 is 0. The minimum Gasteiger partial charge on any atom is -0.493 e. The molecule has 202 valence electrons. The zero-order chi connectivity index (χ0) is 26.4. The molecule has 1 aromatic carbocycles. The van der Waals surface area contributed by atoms with Gasteiger partial charge in [-0.15, -0.1) is 0 Å². The molecule has 2 amide bonds. The number of aliphatic carboxylic acids is 1. The lowest BCUT2D eigenvalue weighted by Crippen LogP contribution is -2.54. The van der Waals surface area contributed by atoms with E-state index in [2.05, 4.69) is 6.58 Å². The first-order valence-electron chi connectivity index (χ1n) is 12.7. The van der Waals surface area contributed by atoms with Crippen molar-refractivity contribution in [1.29, 1.82) is 0 Å². The van der Waals surface area contributed by atoms with Gasteiger partial charge in [0.1, 0.15) is 6.61 Å². The van der Waals surface area contributed by atoms with Crippen LogP contribution in [0.25, 0.3) is 0 Å². The number of carbonyl (C=O) groups excluding carboxylic acids is 2.